The molecule has 0 bridgehead atoms. The van der Waals surface area contributed by atoms with Crippen LogP contribution in [-0.2, 0) is 24.0 Å². The third kappa shape index (κ3) is 11.3. The summed E-state index contributed by atoms with van der Waals surface area (Å²) in [5.74, 6) is -4.30. The SMILES string of the molecule is CC(C)C(N)C(=O)NC(CCC(N)=O)C(=O)NC(CCCCN)C(=O)NC(CS)C(=O)O. The highest BCUT2D eigenvalue weighted by atomic mass is 32.1. The van der Waals surface area contributed by atoms with Gasteiger partial charge in [0, 0.05) is 12.2 Å². The fourth-order valence-corrected chi connectivity index (χ4v) is 2.87. The number of carbonyl (C=O) groups is 5. The summed E-state index contributed by atoms with van der Waals surface area (Å²) in [7, 11) is 0. The van der Waals surface area contributed by atoms with Gasteiger partial charge in [-0.15, -0.1) is 0 Å². The Balaban J connectivity index is 5.48. The van der Waals surface area contributed by atoms with E-state index in [1.807, 2.05) is 0 Å². The molecular weight excluding hydrogens is 440 g/mol. The van der Waals surface area contributed by atoms with E-state index >= 15 is 0 Å². The van der Waals surface area contributed by atoms with Crippen molar-refractivity contribution in [2.75, 3.05) is 12.3 Å². The van der Waals surface area contributed by atoms with Crippen LogP contribution in [0.2, 0.25) is 0 Å². The number of aliphatic carboxylic acids is 1. The molecule has 12 nitrogen and oxygen atoms in total. The van der Waals surface area contributed by atoms with Crippen molar-refractivity contribution in [2.45, 2.75) is 70.1 Å². The predicted octanol–water partition coefficient (Wildman–Crippen LogP) is -2.17. The molecule has 0 rings (SSSR count). The monoisotopic (exact) mass is 476 g/mol. The van der Waals surface area contributed by atoms with Gasteiger partial charge in [-0.1, -0.05) is 13.8 Å². The van der Waals surface area contributed by atoms with E-state index in [4.69, 9.17) is 22.3 Å². The Morgan fingerprint density at radius 2 is 1.38 bits per heavy atom. The first-order chi connectivity index (χ1) is 14.9. The lowest BCUT2D eigenvalue weighted by Gasteiger charge is -2.25. The molecule has 0 aliphatic heterocycles. The zero-order valence-corrected chi connectivity index (χ0v) is 19.4. The summed E-state index contributed by atoms with van der Waals surface area (Å²) >= 11 is 3.90. The van der Waals surface area contributed by atoms with Gasteiger partial charge in [-0.05, 0) is 38.1 Å². The highest BCUT2D eigenvalue weighted by Gasteiger charge is 2.30. The first-order valence-corrected chi connectivity index (χ1v) is 11.1. The van der Waals surface area contributed by atoms with Crippen molar-refractivity contribution in [1.29, 1.82) is 0 Å². The molecule has 0 heterocycles. The average Bonchev–Trinajstić information content (AvgIpc) is 2.72. The molecule has 0 aromatic carbocycles. The van der Waals surface area contributed by atoms with Gasteiger partial charge in [-0.2, -0.15) is 12.6 Å². The lowest BCUT2D eigenvalue weighted by atomic mass is 10.0. The van der Waals surface area contributed by atoms with Gasteiger partial charge in [0.1, 0.15) is 18.1 Å². The molecule has 0 aromatic heterocycles. The zero-order valence-electron chi connectivity index (χ0n) is 18.5. The fourth-order valence-electron chi connectivity index (χ4n) is 2.62. The van der Waals surface area contributed by atoms with Gasteiger partial charge >= 0.3 is 5.97 Å². The maximum absolute atomic E-state index is 12.9. The fraction of sp³-hybridized carbons (Fsp3) is 0.737. The number of carbonyl (C=O) groups excluding carboxylic acids is 4. The molecule has 0 aliphatic rings. The Kier molecular flexibility index (Phi) is 14.3. The van der Waals surface area contributed by atoms with Crippen LogP contribution in [0.25, 0.3) is 0 Å². The third-order valence-corrected chi connectivity index (χ3v) is 5.08. The van der Waals surface area contributed by atoms with E-state index in [1.165, 1.54) is 0 Å². The van der Waals surface area contributed by atoms with Crippen LogP contribution in [0.3, 0.4) is 0 Å². The molecule has 32 heavy (non-hydrogen) atoms. The minimum atomic E-state index is -1.27. The molecule has 13 heteroatoms. The van der Waals surface area contributed by atoms with Crippen LogP contribution >= 0.6 is 12.6 Å². The van der Waals surface area contributed by atoms with Gasteiger partial charge in [0.2, 0.25) is 23.6 Å². The molecule has 10 N–H and O–H groups in total. The Morgan fingerprint density at radius 1 is 0.875 bits per heavy atom. The van der Waals surface area contributed by atoms with E-state index in [1.54, 1.807) is 13.8 Å². The smallest absolute Gasteiger partial charge is 0.327 e. The van der Waals surface area contributed by atoms with Crippen LogP contribution in [0, 0.1) is 5.92 Å². The largest absolute Gasteiger partial charge is 0.480 e. The van der Waals surface area contributed by atoms with Crippen LogP contribution in [0.4, 0.5) is 0 Å². The molecule has 0 saturated heterocycles. The van der Waals surface area contributed by atoms with Crippen LogP contribution in [-0.4, -0.2) is 71.2 Å². The number of unbranched alkanes of at least 4 members (excludes halogenated alkanes) is 1. The normalized spacial score (nSPS) is 14.7. The summed E-state index contributed by atoms with van der Waals surface area (Å²) in [6.07, 6.45) is 0.989. The number of hydrogen-bond donors (Lipinski definition) is 8. The molecule has 0 radical (unpaired) electrons. The number of amides is 4. The van der Waals surface area contributed by atoms with E-state index in [0.717, 1.165) is 0 Å². The summed E-state index contributed by atoms with van der Waals surface area (Å²) in [4.78, 5) is 60.2. The number of nitrogens with one attached hydrogen (secondary N) is 3. The van der Waals surface area contributed by atoms with Crippen LogP contribution in [0.15, 0.2) is 0 Å². The second-order valence-corrected chi connectivity index (χ2v) is 8.13. The standard InChI is InChI=1S/C19H36N6O6S/c1-10(2)15(22)18(29)24-12(6-7-14(21)26)17(28)23-11(5-3-4-8-20)16(27)25-13(9-32)19(30)31/h10-13,15,32H,3-9,20,22H2,1-2H3,(H2,21,26)(H,23,28)(H,24,29)(H,25,27)(H,30,31). The second kappa shape index (κ2) is 15.4. The number of primary amides is 1. The number of carboxylic acids is 1. The number of hydrogen-bond acceptors (Lipinski definition) is 8. The molecule has 184 valence electrons. The summed E-state index contributed by atoms with van der Waals surface area (Å²) < 4.78 is 0. The van der Waals surface area contributed by atoms with E-state index in [2.05, 4.69) is 28.6 Å². The van der Waals surface area contributed by atoms with Crippen molar-refractivity contribution < 1.29 is 29.1 Å². The summed E-state index contributed by atoms with van der Waals surface area (Å²) in [5.41, 5.74) is 16.5. The number of carboxylic acid groups (broad SMARTS) is 1. The van der Waals surface area contributed by atoms with Gasteiger partial charge in [-0.3, -0.25) is 19.2 Å². The van der Waals surface area contributed by atoms with E-state index in [9.17, 15) is 24.0 Å². The van der Waals surface area contributed by atoms with Crippen molar-refractivity contribution in [3.8, 4) is 0 Å². The molecule has 4 amide bonds. The molecule has 0 fully saturated rings. The Labute approximate surface area is 193 Å². The Bertz CT molecular complexity index is 662. The maximum Gasteiger partial charge on any atom is 0.327 e. The Morgan fingerprint density at radius 3 is 1.81 bits per heavy atom. The Hall–Kier alpha value is -2.38. The van der Waals surface area contributed by atoms with Gasteiger partial charge in [-0.25, -0.2) is 4.79 Å². The highest BCUT2D eigenvalue weighted by Crippen LogP contribution is 2.06. The lowest BCUT2D eigenvalue weighted by Crippen LogP contribution is -2.57. The summed E-state index contributed by atoms with van der Waals surface area (Å²) in [6.45, 7) is 3.85. The minimum absolute atomic E-state index is 0.0940. The summed E-state index contributed by atoms with van der Waals surface area (Å²) in [5, 5.41) is 16.5. The molecule has 0 aliphatic carbocycles. The van der Waals surface area contributed by atoms with Crippen LogP contribution < -0.4 is 33.2 Å². The molecule has 4 unspecified atom stereocenters. The van der Waals surface area contributed by atoms with E-state index < -0.39 is 53.8 Å². The third-order valence-electron chi connectivity index (χ3n) is 4.71. The van der Waals surface area contributed by atoms with Crippen LogP contribution in [0.5, 0.6) is 0 Å². The van der Waals surface area contributed by atoms with Crippen molar-refractivity contribution in [3.63, 3.8) is 0 Å². The molecule has 4 atom stereocenters. The minimum Gasteiger partial charge on any atom is -0.480 e. The highest BCUT2D eigenvalue weighted by molar-refractivity contribution is 7.80. The quantitative estimate of drug-likeness (QED) is 0.0902. The molecular formula is C19H36N6O6S. The number of rotatable bonds is 16. The van der Waals surface area contributed by atoms with Crippen molar-refractivity contribution >= 4 is 42.2 Å². The first kappa shape index (κ1) is 29.6. The first-order valence-electron chi connectivity index (χ1n) is 10.4. The molecule has 0 saturated carbocycles. The van der Waals surface area contributed by atoms with E-state index in [-0.39, 0.29) is 30.9 Å². The lowest BCUT2D eigenvalue weighted by molar-refractivity contribution is -0.141. The van der Waals surface area contributed by atoms with E-state index in [0.29, 0.717) is 19.4 Å². The number of thiol groups is 1. The summed E-state index contributed by atoms with van der Waals surface area (Å²) in [6, 6.07) is -4.37. The van der Waals surface area contributed by atoms with Crippen molar-refractivity contribution in [1.82, 2.24) is 16.0 Å². The molecule has 0 aromatic rings. The van der Waals surface area contributed by atoms with Crippen molar-refractivity contribution in [3.05, 3.63) is 0 Å². The average molecular weight is 477 g/mol. The van der Waals surface area contributed by atoms with Gasteiger partial charge < -0.3 is 38.3 Å². The zero-order chi connectivity index (χ0) is 24.8. The van der Waals surface area contributed by atoms with Crippen molar-refractivity contribution in [2.24, 2.45) is 23.1 Å². The molecule has 0 spiro atoms. The maximum atomic E-state index is 12.9. The second-order valence-electron chi connectivity index (χ2n) is 7.76. The predicted molar refractivity (Wildman–Crippen MR) is 121 cm³/mol. The van der Waals surface area contributed by atoms with Gasteiger partial charge in [0.25, 0.3) is 0 Å². The number of nitrogens with two attached hydrogens (primary N) is 3. The van der Waals surface area contributed by atoms with Crippen LogP contribution in [0.1, 0.15) is 46.0 Å². The topological polar surface area (TPSA) is 220 Å². The van der Waals surface area contributed by atoms with Gasteiger partial charge in [0.15, 0.2) is 0 Å². The van der Waals surface area contributed by atoms with Gasteiger partial charge in [0.05, 0.1) is 6.04 Å².